The Morgan fingerprint density at radius 3 is 3.00 bits per heavy atom. The van der Waals surface area contributed by atoms with Crippen molar-refractivity contribution < 1.29 is 4.79 Å². The smallest absolute Gasteiger partial charge is 0.252 e. The van der Waals surface area contributed by atoms with Crippen LogP contribution in [0.15, 0.2) is 23.9 Å². The van der Waals surface area contributed by atoms with Gasteiger partial charge in [0.1, 0.15) is 5.82 Å². The highest BCUT2D eigenvalue weighted by atomic mass is 35.5. The lowest BCUT2D eigenvalue weighted by Crippen LogP contribution is -2.13. The minimum absolute atomic E-state index is 0.116. The first-order valence-corrected chi connectivity index (χ1v) is 4.98. The van der Waals surface area contributed by atoms with Crippen molar-refractivity contribution in [3.05, 3.63) is 29.2 Å². The molecular weight excluding hydrogens is 214 g/mol. The van der Waals surface area contributed by atoms with Crippen LogP contribution in [0.4, 0.5) is 5.82 Å². The average Bonchev–Trinajstić information content (AvgIpc) is 2.18. The van der Waals surface area contributed by atoms with E-state index >= 15 is 0 Å². The van der Waals surface area contributed by atoms with E-state index < -0.39 is 0 Å². The Morgan fingerprint density at radius 1 is 1.67 bits per heavy atom. The van der Waals surface area contributed by atoms with Crippen LogP contribution in [0.1, 0.15) is 20.3 Å². The molecule has 1 aromatic rings. The molecule has 1 rings (SSSR count). The van der Waals surface area contributed by atoms with E-state index in [1.165, 1.54) is 6.20 Å². The van der Waals surface area contributed by atoms with E-state index in [2.05, 4.69) is 15.3 Å². The number of nitrogens with one attached hydrogen (secondary N) is 1. The van der Waals surface area contributed by atoms with Crippen molar-refractivity contribution in [2.45, 2.75) is 20.3 Å². The Bertz CT molecular complexity index is 390. The summed E-state index contributed by atoms with van der Waals surface area (Å²) in [5.74, 6) is 0.232. The topological polar surface area (TPSA) is 54.9 Å². The van der Waals surface area contributed by atoms with E-state index in [9.17, 15) is 4.79 Å². The lowest BCUT2D eigenvalue weighted by Gasteiger charge is -2.03. The Labute approximate surface area is 93.4 Å². The highest BCUT2D eigenvalue weighted by Crippen LogP contribution is 2.07. The Kier molecular flexibility index (Phi) is 4.24. The number of rotatable bonds is 3. The SMILES string of the molecule is CC/C=C(/C)C(=O)Nc1ccnc(Cl)n1. The molecule has 0 bridgehead atoms. The summed E-state index contributed by atoms with van der Waals surface area (Å²) >= 11 is 5.58. The average molecular weight is 226 g/mol. The van der Waals surface area contributed by atoms with Crippen LogP contribution in [0.3, 0.4) is 0 Å². The Morgan fingerprint density at radius 2 is 2.40 bits per heavy atom. The predicted molar refractivity (Wildman–Crippen MR) is 59.7 cm³/mol. The van der Waals surface area contributed by atoms with Crippen molar-refractivity contribution >= 4 is 23.3 Å². The van der Waals surface area contributed by atoms with Crippen LogP contribution in [0, 0.1) is 0 Å². The van der Waals surface area contributed by atoms with Crippen LogP contribution in [-0.2, 0) is 4.79 Å². The molecule has 1 amide bonds. The summed E-state index contributed by atoms with van der Waals surface area (Å²) in [6, 6.07) is 1.59. The maximum Gasteiger partial charge on any atom is 0.252 e. The molecule has 0 saturated carbocycles. The molecule has 0 aliphatic heterocycles. The summed E-state index contributed by atoms with van der Waals surface area (Å²) in [6.45, 7) is 3.72. The van der Waals surface area contributed by atoms with E-state index in [0.717, 1.165) is 6.42 Å². The molecular formula is C10H12ClN3O. The number of hydrogen-bond acceptors (Lipinski definition) is 3. The number of allylic oxidation sites excluding steroid dienone is 1. The third kappa shape index (κ3) is 3.67. The molecule has 0 aliphatic rings. The number of carbonyl (C=O) groups excluding carboxylic acids is 1. The van der Waals surface area contributed by atoms with Crippen molar-refractivity contribution in [3.63, 3.8) is 0 Å². The van der Waals surface area contributed by atoms with Gasteiger partial charge in [-0.3, -0.25) is 4.79 Å². The third-order valence-corrected chi connectivity index (χ3v) is 1.92. The van der Waals surface area contributed by atoms with Crippen LogP contribution in [-0.4, -0.2) is 15.9 Å². The first kappa shape index (κ1) is 11.7. The summed E-state index contributed by atoms with van der Waals surface area (Å²) < 4.78 is 0. The summed E-state index contributed by atoms with van der Waals surface area (Å²) in [6.07, 6.45) is 4.16. The molecule has 0 saturated heterocycles. The van der Waals surface area contributed by atoms with Crippen molar-refractivity contribution in [2.75, 3.05) is 5.32 Å². The van der Waals surface area contributed by atoms with E-state index in [0.29, 0.717) is 11.4 Å². The molecule has 0 radical (unpaired) electrons. The third-order valence-electron chi connectivity index (χ3n) is 1.74. The van der Waals surface area contributed by atoms with Crippen molar-refractivity contribution in [2.24, 2.45) is 0 Å². The minimum atomic E-state index is -0.174. The van der Waals surface area contributed by atoms with Crippen LogP contribution >= 0.6 is 11.6 Å². The lowest BCUT2D eigenvalue weighted by atomic mass is 10.2. The van der Waals surface area contributed by atoms with Gasteiger partial charge in [-0.1, -0.05) is 13.0 Å². The molecule has 1 aromatic heterocycles. The van der Waals surface area contributed by atoms with Gasteiger partial charge >= 0.3 is 0 Å². The zero-order chi connectivity index (χ0) is 11.3. The van der Waals surface area contributed by atoms with Gasteiger partial charge in [0.25, 0.3) is 5.91 Å². The summed E-state index contributed by atoms with van der Waals surface area (Å²) in [5, 5.41) is 2.74. The molecule has 0 unspecified atom stereocenters. The number of nitrogens with zero attached hydrogens (tertiary/aromatic N) is 2. The van der Waals surface area contributed by atoms with Crippen molar-refractivity contribution in [1.82, 2.24) is 9.97 Å². The molecule has 0 aromatic carbocycles. The largest absolute Gasteiger partial charge is 0.307 e. The summed E-state index contributed by atoms with van der Waals surface area (Å²) in [4.78, 5) is 19.1. The number of carbonyl (C=O) groups is 1. The van der Waals surface area contributed by atoms with Gasteiger partial charge in [0.15, 0.2) is 0 Å². The second-order valence-electron chi connectivity index (χ2n) is 2.96. The van der Waals surface area contributed by atoms with Crippen molar-refractivity contribution in [3.8, 4) is 0 Å². The van der Waals surface area contributed by atoms with E-state index in [1.54, 1.807) is 13.0 Å². The lowest BCUT2D eigenvalue weighted by molar-refractivity contribution is -0.112. The van der Waals surface area contributed by atoms with Gasteiger partial charge in [0.05, 0.1) is 0 Å². The molecule has 0 spiro atoms. The molecule has 4 nitrogen and oxygen atoms in total. The summed E-state index contributed by atoms with van der Waals surface area (Å²) in [7, 11) is 0. The van der Waals surface area contributed by atoms with Gasteiger partial charge in [-0.15, -0.1) is 0 Å². The molecule has 0 aliphatic carbocycles. The molecule has 5 heteroatoms. The highest BCUT2D eigenvalue weighted by molar-refractivity contribution is 6.28. The van der Waals surface area contributed by atoms with Crippen molar-refractivity contribution in [1.29, 1.82) is 0 Å². The van der Waals surface area contributed by atoms with Gasteiger partial charge in [-0.2, -0.15) is 0 Å². The molecule has 0 atom stereocenters. The molecule has 0 fully saturated rings. The standard InChI is InChI=1S/C10H12ClN3O/c1-3-4-7(2)9(15)13-8-5-6-12-10(11)14-8/h4-6H,3H2,1-2H3,(H,12,13,14,15)/b7-4-. The maximum atomic E-state index is 11.5. The first-order chi connectivity index (χ1) is 7.13. The van der Waals surface area contributed by atoms with E-state index in [1.807, 2.05) is 13.0 Å². The normalized spacial score (nSPS) is 11.3. The minimum Gasteiger partial charge on any atom is -0.307 e. The molecule has 1 heterocycles. The van der Waals surface area contributed by atoms with Crippen LogP contribution in [0.2, 0.25) is 5.28 Å². The fraction of sp³-hybridized carbons (Fsp3) is 0.300. The number of amides is 1. The number of aromatic nitrogens is 2. The zero-order valence-corrected chi connectivity index (χ0v) is 9.38. The number of hydrogen-bond donors (Lipinski definition) is 1. The fourth-order valence-corrected chi connectivity index (χ4v) is 1.17. The van der Waals surface area contributed by atoms with Gasteiger partial charge in [-0.05, 0) is 31.0 Å². The molecule has 80 valence electrons. The Hall–Kier alpha value is -1.42. The van der Waals surface area contributed by atoms with E-state index in [-0.39, 0.29) is 11.2 Å². The fourth-order valence-electron chi connectivity index (χ4n) is 1.02. The predicted octanol–water partition coefficient (Wildman–Crippen LogP) is 2.42. The van der Waals surface area contributed by atoms with Crippen LogP contribution in [0.25, 0.3) is 0 Å². The van der Waals surface area contributed by atoms with Gasteiger partial charge in [0, 0.05) is 11.8 Å². The second kappa shape index (κ2) is 5.46. The number of anilines is 1. The van der Waals surface area contributed by atoms with Crippen LogP contribution < -0.4 is 5.32 Å². The molecule has 15 heavy (non-hydrogen) atoms. The van der Waals surface area contributed by atoms with Gasteiger partial charge < -0.3 is 5.32 Å². The quantitative estimate of drug-likeness (QED) is 0.635. The second-order valence-corrected chi connectivity index (χ2v) is 3.30. The highest BCUT2D eigenvalue weighted by Gasteiger charge is 2.05. The molecule has 1 N–H and O–H groups in total. The van der Waals surface area contributed by atoms with E-state index in [4.69, 9.17) is 11.6 Å². The van der Waals surface area contributed by atoms with Gasteiger partial charge in [-0.25, -0.2) is 9.97 Å². The first-order valence-electron chi connectivity index (χ1n) is 4.60. The number of halogens is 1. The Balaban J connectivity index is 2.70. The monoisotopic (exact) mass is 225 g/mol. The zero-order valence-electron chi connectivity index (χ0n) is 8.62. The van der Waals surface area contributed by atoms with Gasteiger partial charge in [0.2, 0.25) is 5.28 Å². The van der Waals surface area contributed by atoms with Crippen LogP contribution in [0.5, 0.6) is 0 Å². The maximum absolute atomic E-state index is 11.5. The summed E-state index contributed by atoms with van der Waals surface area (Å²) in [5.41, 5.74) is 0.659.